The van der Waals surface area contributed by atoms with Crippen molar-refractivity contribution in [2.45, 2.75) is 20.4 Å². The predicted octanol–water partition coefficient (Wildman–Crippen LogP) is 1.98. The highest BCUT2D eigenvalue weighted by atomic mass is 16.5. The van der Waals surface area contributed by atoms with Crippen LogP contribution in [-0.2, 0) is 11.3 Å². The summed E-state index contributed by atoms with van der Waals surface area (Å²) in [5, 5.41) is 2.85. The monoisotopic (exact) mass is 237 g/mol. The summed E-state index contributed by atoms with van der Waals surface area (Å²) in [6.45, 7) is 4.20. The second-order valence-electron chi connectivity index (χ2n) is 4.09. The molecule has 17 heavy (non-hydrogen) atoms. The third kappa shape index (κ3) is 3.98. The van der Waals surface area contributed by atoms with E-state index in [1.807, 2.05) is 26.0 Å². The number of rotatable bonds is 5. The first kappa shape index (κ1) is 13.4. The number of methoxy groups -OCH3 is 2. The van der Waals surface area contributed by atoms with Gasteiger partial charge < -0.3 is 14.8 Å². The summed E-state index contributed by atoms with van der Waals surface area (Å²) in [5.74, 6) is 1.46. The molecule has 4 nitrogen and oxygen atoms in total. The van der Waals surface area contributed by atoms with Crippen LogP contribution in [0.2, 0.25) is 0 Å². The summed E-state index contributed by atoms with van der Waals surface area (Å²) < 4.78 is 10.3. The Morgan fingerprint density at radius 3 is 2.12 bits per heavy atom. The van der Waals surface area contributed by atoms with E-state index in [1.165, 1.54) is 0 Å². The molecule has 0 bridgehead atoms. The van der Waals surface area contributed by atoms with Gasteiger partial charge in [0.2, 0.25) is 5.91 Å². The maximum absolute atomic E-state index is 11.5. The lowest BCUT2D eigenvalue weighted by molar-refractivity contribution is -0.124. The Labute approximate surface area is 102 Å². The summed E-state index contributed by atoms with van der Waals surface area (Å²) in [6.07, 6.45) is 0. The van der Waals surface area contributed by atoms with E-state index in [2.05, 4.69) is 5.32 Å². The molecule has 1 amide bonds. The van der Waals surface area contributed by atoms with Gasteiger partial charge in [0, 0.05) is 18.5 Å². The second-order valence-corrected chi connectivity index (χ2v) is 4.09. The zero-order chi connectivity index (χ0) is 12.8. The summed E-state index contributed by atoms with van der Waals surface area (Å²) in [7, 11) is 3.20. The summed E-state index contributed by atoms with van der Waals surface area (Å²) >= 11 is 0. The van der Waals surface area contributed by atoms with Crippen molar-refractivity contribution in [2.24, 2.45) is 5.92 Å². The van der Waals surface area contributed by atoms with Gasteiger partial charge in [-0.15, -0.1) is 0 Å². The number of ether oxygens (including phenoxy) is 2. The number of hydrogen-bond acceptors (Lipinski definition) is 3. The normalized spacial score (nSPS) is 10.2. The fourth-order valence-corrected chi connectivity index (χ4v) is 1.36. The molecule has 0 aliphatic rings. The molecule has 1 aromatic rings. The third-order valence-electron chi connectivity index (χ3n) is 2.40. The smallest absolute Gasteiger partial charge is 0.222 e. The predicted molar refractivity (Wildman–Crippen MR) is 66.2 cm³/mol. The lowest BCUT2D eigenvalue weighted by Gasteiger charge is -2.10. The highest BCUT2D eigenvalue weighted by Gasteiger charge is 2.07. The van der Waals surface area contributed by atoms with Crippen molar-refractivity contribution in [1.82, 2.24) is 5.32 Å². The van der Waals surface area contributed by atoms with Crippen molar-refractivity contribution in [2.75, 3.05) is 14.2 Å². The molecule has 1 aromatic carbocycles. The molecule has 0 aliphatic carbocycles. The van der Waals surface area contributed by atoms with E-state index in [0.717, 1.165) is 17.1 Å². The lowest BCUT2D eigenvalue weighted by atomic mass is 10.1. The van der Waals surface area contributed by atoms with Crippen LogP contribution in [0.4, 0.5) is 0 Å². The molecule has 0 radical (unpaired) electrons. The molecule has 0 unspecified atom stereocenters. The Morgan fingerprint density at radius 1 is 1.18 bits per heavy atom. The molecule has 0 aromatic heterocycles. The average Bonchev–Trinajstić information content (AvgIpc) is 2.35. The van der Waals surface area contributed by atoms with E-state index in [1.54, 1.807) is 20.3 Å². The summed E-state index contributed by atoms with van der Waals surface area (Å²) in [6, 6.07) is 5.56. The lowest BCUT2D eigenvalue weighted by Crippen LogP contribution is -2.27. The second kappa shape index (κ2) is 6.13. The maximum atomic E-state index is 11.5. The molecule has 4 heteroatoms. The Hall–Kier alpha value is -1.71. The average molecular weight is 237 g/mol. The fourth-order valence-electron chi connectivity index (χ4n) is 1.36. The number of hydrogen-bond donors (Lipinski definition) is 1. The number of benzene rings is 1. The molecule has 0 atom stereocenters. The van der Waals surface area contributed by atoms with E-state index >= 15 is 0 Å². The maximum Gasteiger partial charge on any atom is 0.222 e. The molecule has 0 saturated carbocycles. The molecule has 1 rings (SSSR count). The Kier molecular flexibility index (Phi) is 4.82. The number of amides is 1. The highest BCUT2D eigenvalue weighted by Crippen LogP contribution is 2.22. The third-order valence-corrected chi connectivity index (χ3v) is 2.40. The molecular weight excluding hydrogens is 218 g/mol. The van der Waals surface area contributed by atoms with Crippen molar-refractivity contribution in [3.05, 3.63) is 23.8 Å². The zero-order valence-electron chi connectivity index (χ0n) is 10.7. The molecule has 0 saturated heterocycles. The topological polar surface area (TPSA) is 47.6 Å². The van der Waals surface area contributed by atoms with Crippen molar-refractivity contribution in [1.29, 1.82) is 0 Å². The summed E-state index contributed by atoms with van der Waals surface area (Å²) in [5.41, 5.74) is 0.954. The van der Waals surface area contributed by atoms with Crippen LogP contribution in [0.15, 0.2) is 18.2 Å². The van der Waals surface area contributed by atoms with Crippen LogP contribution >= 0.6 is 0 Å². The van der Waals surface area contributed by atoms with Gasteiger partial charge in [0.15, 0.2) is 0 Å². The van der Waals surface area contributed by atoms with Crippen LogP contribution in [0.25, 0.3) is 0 Å². The fraction of sp³-hybridized carbons (Fsp3) is 0.462. The van der Waals surface area contributed by atoms with Crippen molar-refractivity contribution in [3.63, 3.8) is 0 Å². The van der Waals surface area contributed by atoms with Crippen LogP contribution in [0.3, 0.4) is 0 Å². The molecular formula is C13H19NO3. The van der Waals surface area contributed by atoms with Gasteiger partial charge in [0.25, 0.3) is 0 Å². The van der Waals surface area contributed by atoms with E-state index in [4.69, 9.17) is 9.47 Å². The number of carbonyl (C=O) groups excluding carboxylic acids is 1. The number of nitrogens with one attached hydrogen (secondary N) is 1. The van der Waals surface area contributed by atoms with Crippen LogP contribution in [0.5, 0.6) is 11.5 Å². The zero-order valence-corrected chi connectivity index (χ0v) is 10.7. The van der Waals surface area contributed by atoms with Crippen molar-refractivity contribution >= 4 is 5.91 Å². The minimum Gasteiger partial charge on any atom is -0.497 e. The number of carbonyl (C=O) groups is 1. The minimum atomic E-state index is -0.0116. The molecule has 0 aliphatic heterocycles. The minimum absolute atomic E-state index is 0.0116. The van der Waals surface area contributed by atoms with Gasteiger partial charge in [0.05, 0.1) is 14.2 Å². The Bertz CT molecular complexity index is 366. The van der Waals surface area contributed by atoms with Crippen LogP contribution < -0.4 is 14.8 Å². The molecule has 1 N–H and O–H groups in total. The largest absolute Gasteiger partial charge is 0.497 e. The van der Waals surface area contributed by atoms with Gasteiger partial charge in [-0.2, -0.15) is 0 Å². The SMILES string of the molecule is COc1cc(CNC(=O)C(C)C)cc(OC)c1. The Morgan fingerprint density at radius 2 is 1.71 bits per heavy atom. The van der Waals surface area contributed by atoms with Gasteiger partial charge in [-0.1, -0.05) is 13.8 Å². The molecule has 0 heterocycles. The van der Waals surface area contributed by atoms with Gasteiger partial charge in [0.1, 0.15) is 11.5 Å². The molecule has 0 spiro atoms. The van der Waals surface area contributed by atoms with Crippen LogP contribution in [0.1, 0.15) is 19.4 Å². The standard InChI is InChI=1S/C13H19NO3/c1-9(2)13(15)14-8-10-5-11(16-3)7-12(6-10)17-4/h5-7,9H,8H2,1-4H3,(H,14,15). The van der Waals surface area contributed by atoms with E-state index in [0.29, 0.717) is 6.54 Å². The van der Waals surface area contributed by atoms with E-state index in [9.17, 15) is 4.79 Å². The quantitative estimate of drug-likeness (QED) is 0.851. The van der Waals surface area contributed by atoms with Crippen LogP contribution in [0, 0.1) is 5.92 Å². The van der Waals surface area contributed by atoms with Gasteiger partial charge in [-0.25, -0.2) is 0 Å². The van der Waals surface area contributed by atoms with Crippen molar-refractivity contribution < 1.29 is 14.3 Å². The highest BCUT2D eigenvalue weighted by molar-refractivity contribution is 5.77. The molecule has 0 fully saturated rings. The van der Waals surface area contributed by atoms with E-state index in [-0.39, 0.29) is 11.8 Å². The van der Waals surface area contributed by atoms with E-state index < -0.39 is 0 Å². The van der Waals surface area contributed by atoms with Gasteiger partial charge in [-0.3, -0.25) is 4.79 Å². The van der Waals surface area contributed by atoms with Crippen LogP contribution in [-0.4, -0.2) is 20.1 Å². The first-order valence-corrected chi connectivity index (χ1v) is 5.56. The first-order chi connectivity index (χ1) is 8.06. The first-order valence-electron chi connectivity index (χ1n) is 5.56. The Balaban J connectivity index is 2.73. The van der Waals surface area contributed by atoms with Gasteiger partial charge >= 0.3 is 0 Å². The van der Waals surface area contributed by atoms with Gasteiger partial charge in [-0.05, 0) is 17.7 Å². The molecule has 94 valence electrons. The summed E-state index contributed by atoms with van der Waals surface area (Å²) in [4.78, 5) is 11.5. The van der Waals surface area contributed by atoms with Crippen molar-refractivity contribution in [3.8, 4) is 11.5 Å².